The lowest BCUT2D eigenvalue weighted by Gasteiger charge is -2.12. The number of aromatic nitrogens is 4. The maximum Gasteiger partial charge on any atom is 0.167 e. The molecule has 0 aliphatic heterocycles. The summed E-state index contributed by atoms with van der Waals surface area (Å²) in [5.74, 6) is 0.290. The summed E-state index contributed by atoms with van der Waals surface area (Å²) in [5.41, 5.74) is 1.52. The van der Waals surface area contributed by atoms with Gasteiger partial charge in [-0.15, -0.1) is 0 Å². The van der Waals surface area contributed by atoms with Gasteiger partial charge in [-0.3, -0.25) is 4.98 Å². The SMILES string of the molecule is Fc1ccc(Cl)cc1-c1nc(Nc2ccncc2I)c2cccnc2n1. The second-order valence-electron chi connectivity index (χ2n) is 5.38. The van der Waals surface area contributed by atoms with Crippen molar-refractivity contribution < 1.29 is 4.39 Å². The van der Waals surface area contributed by atoms with Crippen LogP contribution >= 0.6 is 34.2 Å². The molecule has 0 saturated heterocycles. The Morgan fingerprint density at radius 3 is 2.81 bits per heavy atom. The molecule has 0 saturated carbocycles. The van der Waals surface area contributed by atoms with Crippen LogP contribution in [0, 0.1) is 9.39 Å². The summed E-state index contributed by atoms with van der Waals surface area (Å²) in [6, 6.07) is 9.78. The van der Waals surface area contributed by atoms with Crippen LogP contribution in [0.4, 0.5) is 15.9 Å². The quantitative estimate of drug-likeness (QED) is 0.410. The van der Waals surface area contributed by atoms with Crippen molar-refractivity contribution in [1.29, 1.82) is 0 Å². The van der Waals surface area contributed by atoms with Crippen molar-refractivity contribution in [2.45, 2.75) is 0 Å². The zero-order valence-corrected chi connectivity index (χ0v) is 16.0. The first-order valence-corrected chi connectivity index (χ1v) is 9.02. The van der Waals surface area contributed by atoms with E-state index in [1.165, 1.54) is 18.2 Å². The normalized spacial score (nSPS) is 10.9. The second-order valence-corrected chi connectivity index (χ2v) is 6.97. The Hall–Kier alpha value is -2.39. The van der Waals surface area contributed by atoms with Gasteiger partial charge in [-0.25, -0.2) is 19.3 Å². The highest BCUT2D eigenvalue weighted by atomic mass is 127. The Balaban J connectivity index is 1.91. The first-order valence-electron chi connectivity index (χ1n) is 7.56. The smallest absolute Gasteiger partial charge is 0.167 e. The van der Waals surface area contributed by atoms with Gasteiger partial charge < -0.3 is 5.32 Å². The standard InChI is InChI=1S/C18H10ClFIN5/c19-10-3-4-13(20)12(8-10)18-25-16-11(2-1-6-23-16)17(26-18)24-15-5-7-22-9-14(15)21/h1-9H,(H,22,23,24,25,26). The number of halogens is 3. The van der Waals surface area contributed by atoms with Gasteiger partial charge in [0.2, 0.25) is 0 Å². The molecule has 0 bridgehead atoms. The molecule has 3 aromatic heterocycles. The molecular formula is C18H10ClFIN5. The molecule has 0 spiro atoms. The van der Waals surface area contributed by atoms with E-state index >= 15 is 0 Å². The summed E-state index contributed by atoms with van der Waals surface area (Å²) < 4.78 is 15.2. The molecule has 0 unspecified atom stereocenters. The fraction of sp³-hybridized carbons (Fsp3) is 0. The first-order chi connectivity index (χ1) is 12.6. The molecule has 3 heterocycles. The first kappa shape index (κ1) is 17.0. The average molecular weight is 478 g/mol. The highest BCUT2D eigenvalue weighted by Gasteiger charge is 2.14. The fourth-order valence-corrected chi connectivity index (χ4v) is 3.10. The molecule has 1 aromatic carbocycles. The van der Waals surface area contributed by atoms with Gasteiger partial charge in [-0.1, -0.05) is 11.6 Å². The zero-order valence-electron chi connectivity index (χ0n) is 13.1. The van der Waals surface area contributed by atoms with E-state index in [4.69, 9.17) is 11.6 Å². The number of benzene rings is 1. The van der Waals surface area contributed by atoms with Crippen LogP contribution in [0.3, 0.4) is 0 Å². The van der Waals surface area contributed by atoms with Gasteiger partial charge in [0.25, 0.3) is 0 Å². The van der Waals surface area contributed by atoms with Crippen molar-refractivity contribution in [2.24, 2.45) is 0 Å². The Kier molecular flexibility index (Phi) is 4.64. The molecule has 0 aliphatic rings. The predicted octanol–water partition coefficient (Wildman–Crippen LogP) is 5.23. The number of pyridine rings is 2. The molecule has 1 N–H and O–H groups in total. The van der Waals surface area contributed by atoms with Crippen LogP contribution in [-0.4, -0.2) is 19.9 Å². The zero-order chi connectivity index (χ0) is 18.1. The van der Waals surface area contributed by atoms with Crippen LogP contribution in [-0.2, 0) is 0 Å². The number of rotatable bonds is 3. The van der Waals surface area contributed by atoms with E-state index < -0.39 is 5.82 Å². The summed E-state index contributed by atoms with van der Waals surface area (Å²) in [4.78, 5) is 17.3. The third-order valence-electron chi connectivity index (χ3n) is 3.67. The van der Waals surface area contributed by atoms with Gasteiger partial charge in [0.15, 0.2) is 11.5 Å². The lowest BCUT2D eigenvalue weighted by molar-refractivity contribution is 0.630. The van der Waals surface area contributed by atoms with Crippen molar-refractivity contribution in [3.63, 3.8) is 0 Å². The Morgan fingerprint density at radius 2 is 1.96 bits per heavy atom. The molecule has 0 radical (unpaired) electrons. The van der Waals surface area contributed by atoms with Gasteiger partial charge >= 0.3 is 0 Å². The summed E-state index contributed by atoms with van der Waals surface area (Å²) in [5, 5.41) is 4.40. The maximum atomic E-state index is 14.3. The minimum absolute atomic E-state index is 0.211. The fourth-order valence-electron chi connectivity index (χ4n) is 2.45. The van der Waals surface area contributed by atoms with Gasteiger partial charge in [0, 0.05) is 23.6 Å². The van der Waals surface area contributed by atoms with Crippen molar-refractivity contribution in [2.75, 3.05) is 5.32 Å². The highest BCUT2D eigenvalue weighted by molar-refractivity contribution is 14.1. The molecule has 0 fully saturated rings. The van der Waals surface area contributed by atoms with Crippen molar-refractivity contribution in [1.82, 2.24) is 19.9 Å². The predicted molar refractivity (Wildman–Crippen MR) is 108 cm³/mol. The van der Waals surface area contributed by atoms with Gasteiger partial charge in [-0.2, -0.15) is 0 Å². The largest absolute Gasteiger partial charge is 0.339 e. The third kappa shape index (κ3) is 3.32. The summed E-state index contributed by atoms with van der Waals surface area (Å²) in [6.07, 6.45) is 5.05. The number of hydrogen-bond acceptors (Lipinski definition) is 5. The second kappa shape index (κ2) is 7.08. The van der Waals surface area contributed by atoms with E-state index in [1.807, 2.05) is 12.1 Å². The molecule has 4 rings (SSSR count). The number of hydrogen-bond donors (Lipinski definition) is 1. The van der Waals surface area contributed by atoms with Crippen LogP contribution in [0.2, 0.25) is 5.02 Å². The Morgan fingerprint density at radius 1 is 1.08 bits per heavy atom. The Labute approximate surface area is 166 Å². The van der Waals surface area contributed by atoms with Crippen LogP contribution in [0.15, 0.2) is 55.0 Å². The van der Waals surface area contributed by atoms with Gasteiger partial charge in [0.05, 0.1) is 20.2 Å². The van der Waals surface area contributed by atoms with Crippen LogP contribution < -0.4 is 5.32 Å². The monoisotopic (exact) mass is 477 g/mol. The van der Waals surface area contributed by atoms with E-state index in [9.17, 15) is 4.39 Å². The van der Waals surface area contributed by atoms with Crippen LogP contribution in [0.1, 0.15) is 0 Å². The van der Waals surface area contributed by atoms with Crippen molar-refractivity contribution >= 4 is 56.7 Å². The van der Waals surface area contributed by atoms with Gasteiger partial charge in [-0.05, 0) is 59.0 Å². The lowest BCUT2D eigenvalue weighted by atomic mass is 10.2. The minimum Gasteiger partial charge on any atom is -0.339 e. The van der Waals surface area contributed by atoms with E-state index in [2.05, 4.69) is 47.8 Å². The van der Waals surface area contributed by atoms with E-state index in [0.29, 0.717) is 16.5 Å². The molecular weight excluding hydrogens is 468 g/mol. The number of fused-ring (bicyclic) bond motifs is 1. The van der Waals surface area contributed by atoms with E-state index in [-0.39, 0.29) is 11.4 Å². The molecule has 128 valence electrons. The van der Waals surface area contributed by atoms with Crippen molar-refractivity contribution in [3.8, 4) is 11.4 Å². The topological polar surface area (TPSA) is 63.6 Å². The Bertz CT molecular complexity index is 1120. The maximum absolute atomic E-state index is 14.3. The van der Waals surface area contributed by atoms with E-state index in [0.717, 1.165) is 14.6 Å². The highest BCUT2D eigenvalue weighted by Crippen LogP contribution is 2.30. The third-order valence-corrected chi connectivity index (χ3v) is 4.76. The van der Waals surface area contributed by atoms with Gasteiger partial charge in [0.1, 0.15) is 11.6 Å². The molecule has 4 aromatic rings. The average Bonchev–Trinajstić information content (AvgIpc) is 2.65. The molecule has 0 atom stereocenters. The molecule has 5 nitrogen and oxygen atoms in total. The molecule has 0 amide bonds. The number of nitrogens with one attached hydrogen (secondary N) is 1. The summed E-state index contributed by atoms with van der Waals surface area (Å²) in [7, 11) is 0. The molecule has 8 heteroatoms. The number of nitrogens with zero attached hydrogens (tertiary/aromatic N) is 4. The van der Waals surface area contributed by atoms with E-state index in [1.54, 1.807) is 24.7 Å². The summed E-state index contributed by atoms with van der Waals surface area (Å²) >= 11 is 8.19. The molecule has 0 aliphatic carbocycles. The minimum atomic E-state index is -0.450. The number of anilines is 2. The van der Waals surface area contributed by atoms with Crippen molar-refractivity contribution in [3.05, 3.63) is 69.4 Å². The summed E-state index contributed by atoms with van der Waals surface area (Å²) in [6.45, 7) is 0. The lowest BCUT2D eigenvalue weighted by Crippen LogP contribution is -2.02. The van der Waals surface area contributed by atoms with Crippen LogP contribution in [0.5, 0.6) is 0 Å². The molecule has 26 heavy (non-hydrogen) atoms. The van der Waals surface area contributed by atoms with Crippen LogP contribution in [0.25, 0.3) is 22.4 Å².